The molecule has 1 unspecified atom stereocenters. The lowest BCUT2D eigenvalue weighted by Crippen LogP contribution is -2.37. The molecule has 1 aromatic heterocycles. The number of amidine groups is 1. The highest BCUT2D eigenvalue weighted by Gasteiger charge is 2.13. The van der Waals surface area contributed by atoms with Gasteiger partial charge >= 0.3 is 0 Å². The van der Waals surface area contributed by atoms with Crippen molar-refractivity contribution < 1.29 is 9.94 Å². The molecule has 0 aromatic carbocycles. The Morgan fingerprint density at radius 1 is 1.55 bits per heavy atom. The number of nitrogens with two attached hydrogens (primary N) is 1. The van der Waals surface area contributed by atoms with Crippen molar-refractivity contribution in [3.05, 3.63) is 29.6 Å². The zero-order chi connectivity index (χ0) is 15.0. The predicted octanol–water partition coefficient (Wildman–Crippen LogP) is 1.33. The van der Waals surface area contributed by atoms with E-state index < -0.39 is 0 Å². The molecule has 6 heteroatoms. The summed E-state index contributed by atoms with van der Waals surface area (Å²) in [6.45, 7) is 8.39. The van der Waals surface area contributed by atoms with Gasteiger partial charge in [0, 0.05) is 25.4 Å². The first-order valence-electron chi connectivity index (χ1n) is 6.82. The van der Waals surface area contributed by atoms with Crippen LogP contribution in [0.25, 0.3) is 0 Å². The molecule has 0 fully saturated rings. The van der Waals surface area contributed by atoms with Gasteiger partial charge in [0.2, 0.25) is 0 Å². The standard InChI is InChI=1S/C14H24N4O2/c1-4-20-9-13(10(2)3)17-8-11-5-6-16-12(7-11)14(15)18-19/h5-7,10,13,17,19H,4,8-9H2,1-3H3,(H2,15,18). The molecular formula is C14H24N4O2. The van der Waals surface area contributed by atoms with Crippen LogP contribution in [0.1, 0.15) is 32.0 Å². The first-order valence-corrected chi connectivity index (χ1v) is 6.82. The molecule has 20 heavy (non-hydrogen) atoms. The van der Waals surface area contributed by atoms with Gasteiger partial charge in [0.25, 0.3) is 0 Å². The molecule has 0 aliphatic heterocycles. The summed E-state index contributed by atoms with van der Waals surface area (Å²) in [6.07, 6.45) is 1.65. The number of aromatic nitrogens is 1. The summed E-state index contributed by atoms with van der Waals surface area (Å²) in [5.74, 6) is 0.494. The van der Waals surface area contributed by atoms with Crippen molar-refractivity contribution in [2.75, 3.05) is 13.2 Å². The average molecular weight is 280 g/mol. The Hall–Kier alpha value is -1.66. The van der Waals surface area contributed by atoms with Gasteiger partial charge < -0.3 is 21.0 Å². The molecule has 0 saturated heterocycles. The minimum Gasteiger partial charge on any atom is -0.409 e. The summed E-state index contributed by atoms with van der Waals surface area (Å²) >= 11 is 0. The molecule has 0 bridgehead atoms. The molecule has 1 heterocycles. The zero-order valence-corrected chi connectivity index (χ0v) is 12.3. The number of hydrogen-bond donors (Lipinski definition) is 3. The van der Waals surface area contributed by atoms with E-state index in [2.05, 4.69) is 29.3 Å². The Morgan fingerprint density at radius 2 is 2.30 bits per heavy atom. The molecule has 1 atom stereocenters. The van der Waals surface area contributed by atoms with E-state index in [4.69, 9.17) is 15.7 Å². The summed E-state index contributed by atoms with van der Waals surface area (Å²) in [6, 6.07) is 4.00. The number of rotatable bonds is 8. The fraction of sp³-hybridized carbons (Fsp3) is 0.571. The van der Waals surface area contributed by atoms with Gasteiger partial charge in [-0.3, -0.25) is 4.98 Å². The van der Waals surface area contributed by atoms with Crippen molar-refractivity contribution in [2.45, 2.75) is 33.4 Å². The molecule has 1 rings (SSSR count). The second kappa shape index (κ2) is 8.50. The van der Waals surface area contributed by atoms with Gasteiger partial charge in [0.05, 0.1) is 6.61 Å². The Balaban J connectivity index is 2.63. The van der Waals surface area contributed by atoms with Crippen molar-refractivity contribution in [1.82, 2.24) is 10.3 Å². The quantitative estimate of drug-likeness (QED) is 0.289. The summed E-state index contributed by atoms with van der Waals surface area (Å²) in [7, 11) is 0. The summed E-state index contributed by atoms with van der Waals surface area (Å²) in [5.41, 5.74) is 7.03. The van der Waals surface area contributed by atoms with Crippen molar-refractivity contribution in [3.63, 3.8) is 0 Å². The lowest BCUT2D eigenvalue weighted by atomic mass is 10.0. The molecule has 6 nitrogen and oxygen atoms in total. The average Bonchev–Trinajstić information content (AvgIpc) is 2.46. The van der Waals surface area contributed by atoms with Crippen LogP contribution in [0.3, 0.4) is 0 Å². The van der Waals surface area contributed by atoms with Crippen molar-refractivity contribution in [2.24, 2.45) is 16.8 Å². The number of nitrogens with zero attached hydrogens (tertiary/aromatic N) is 2. The highest BCUT2D eigenvalue weighted by Crippen LogP contribution is 2.06. The predicted molar refractivity (Wildman–Crippen MR) is 78.7 cm³/mol. The van der Waals surface area contributed by atoms with Crippen molar-refractivity contribution in [3.8, 4) is 0 Å². The van der Waals surface area contributed by atoms with Crippen molar-refractivity contribution in [1.29, 1.82) is 0 Å². The minimum atomic E-state index is 0.0153. The number of nitrogens with one attached hydrogen (secondary N) is 1. The van der Waals surface area contributed by atoms with E-state index in [0.717, 1.165) is 5.56 Å². The maximum atomic E-state index is 8.66. The molecule has 0 radical (unpaired) electrons. The van der Waals surface area contributed by atoms with E-state index in [1.807, 2.05) is 13.0 Å². The molecule has 0 spiro atoms. The van der Waals surface area contributed by atoms with E-state index in [1.165, 1.54) is 0 Å². The molecule has 1 aromatic rings. The van der Waals surface area contributed by atoms with Crippen LogP contribution in [0.15, 0.2) is 23.5 Å². The minimum absolute atomic E-state index is 0.0153. The van der Waals surface area contributed by atoms with Crippen LogP contribution >= 0.6 is 0 Å². The summed E-state index contributed by atoms with van der Waals surface area (Å²) < 4.78 is 5.48. The molecule has 0 saturated carbocycles. The van der Waals surface area contributed by atoms with Gasteiger partial charge in [-0.1, -0.05) is 19.0 Å². The molecular weight excluding hydrogens is 256 g/mol. The van der Waals surface area contributed by atoms with E-state index in [0.29, 0.717) is 31.4 Å². The topological polar surface area (TPSA) is 92.8 Å². The highest BCUT2D eigenvalue weighted by atomic mass is 16.5. The number of oxime groups is 1. The SMILES string of the molecule is CCOCC(NCc1ccnc(/C(N)=N/O)c1)C(C)C. The van der Waals surface area contributed by atoms with Crippen molar-refractivity contribution >= 4 is 5.84 Å². The Bertz CT molecular complexity index is 435. The van der Waals surface area contributed by atoms with E-state index in [1.54, 1.807) is 12.3 Å². The largest absolute Gasteiger partial charge is 0.409 e. The zero-order valence-electron chi connectivity index (χ0n) is 12.3. The van der Waals surface area contributed by atoms with Crippen LogP contribution in [0.5, 0.6) is 0 Å². The maximum Gasteiger partial charge on any atom is 0.188 e. The van der Waals surface area contributed by atoms with Crippen LogP contribution in [0, 0.1) is 5.92 Å². The number of ether oxygens (including phenoxy) is 1. The summed E-state index contributed by atoms with van der Waals surface area (Å²) in [5, 5.41) is 15.1. The third-order valence-electron chi connectivity index (χ3n) is 3.07. The number of pyridine rings is 1. The molecule has 0 amide bonds. The first-order chi connectivity index (χ1) is 9.58. The normalized spacial score (nSPS) is 13.7. The Kier molecular flexibility index (Phi) is 6.97. The molecule has 0 aliphatic rings. The molecule has 4 N–H and O–H groups in total. The van der Waals surface area contributed by atoms with Crippen LogP contribution < -0.4 is 11.1 Å². The van der Waals surface area contributed by atoms with E-state index in [-0.39, 0.29) is 11.9 Å². The van der Waals surface area contributed by atoms with Gasteiger partial charge in [-0.2, -0.15) is 0 Å². The fourth-order valence-electron chi connectivity index (χ4n) is 1.76. The number of hydrogen-bond acceptors (Lipinski definition) is 5. The second-order valence-corrected chi connectivity index (χ2v) is 4.93. The van der Waals surface area contributed by atoms with Gasteiger partial charge in [-0.25, -0.2) is 0 Å². The highest BCUT2D eigenvalue weighted by molar-refractivity contribution is 5.95. The Morgan fingerprint density at radius 3 is 2.90 bits per heavy atom. The lowest BCUT2D eigenvalue weighted by molar-refractivity contribution is 0.108. The van der Waals surface area contributed by atoms with Crippen LogP contribution in [0.4, 0.5) is 0 Å². The third-order valence-corrected chi connectivity index (χ3v) is 3.07. The van der Waals surface area contributed by atoms with Crippen LogP contribution in [0.2, 0.25) is 0 Å². The monoisotopic (exact) mass is 280 g/mol. The van der Waals surface area contributed by atoms with E-state index >= 15 is 0 Å². The molecule has 112 valence electrons. The van der Waals surface area contributed by atoms with E-state index in [9.17, 15) is 0 Å². The van der Waals surface area contributed by atoms with Gasteiger partial charge in [-0.15, -0.1) is 0 Å². The Labute approximate surface area is 120 Å². The molecule has 0 aliphatic carbocycles. The maximum absolute atomic E-state index is 8.66. The first kappa shape index (κ1) is 16.4. The summed E-state index contributed by atoms with van der Waals surface area (Å²) in [4.78, 5) is 4.05. The smallest absolute Gasteiger partial charge is 0.188 e. The third kappa shape index (κ3) is 5.14. The van der Waals surface area contributed by atoms with Gasteiger partial charge in [0.15, 0.2) is 5.84 Å². The second-order valence-electron chi connectivity index (χ2n) is 4.93. The van der Waals surface area contributed by atoms with Gasteiger partial charge in [-0.05, 0) is 30.5 Å². The fourth-order valence-corrected chi connectivity index (χ4v) is 1.76. The lowest BCUT2D eigenvalue weighted by Gasteiger charge is -2.22. The van der Waals surface area contributed by atoms with Crippen LogP contribution in [-0.2, 0) is 11.3 Å². The van der Waals surface area contributed by atoms with Gasteiger partial charge in [0.1, 0.15) is 5.69 Å². The van der Waals surface area contributed by atoms with Crippen LogP contribution in [-0.4, -0.2) is 35.3 Å².